The third-order valence-corrected chi connectivity index (χ3v) is 1.67. The molecule has 0 radical (unpaired) electrons. The summed E-state index contributed by atoms with van der Waals surface area (Å²) in [5.74, 6) is 0. The minimum atomic E-state index is 1.07. The lowest BCUT2D eigenvalue weighted by atomic mass is 10.6. The molecule has 4 nitrogen and oxygen atoms in total. The Bertz CT molecular complexity index is 315. The summed E-state index contributed by atoms with van der Waals surface area (Å²) < 4.78 is 3.85. The van der Waals surface area contributed by atoms with Gasteiger partial charge in [0.1, 0.15) is 0 Å². The largest absolute Gasteiger partial charge is 0.340 e. The monoisotopic (exact) mass is 192 g/mol. The van der Waals surface area contributed by atoms with Crippen molar-refractivity contribution in [3.63, 3.8) is 0 Å². The van der Waals surface area contributed by atoms with Crippen molar-refractivity contribution in [3.8, 4) is 0 Å². The van der Waals surface area contributed by atoms with Gasteiger partial charge in [-0.1, -0.05) is 0 Å². The Labute approximate surface area is 84.2 Å². The summed E-state index contributed by atoms with van der Waals surface area (Å²) in [6.45, 7) is 3.94. The first kappa shape index (κ1) is 10.5. The number of hydrogen-bond acceptors (Lipinski definition) is 2. The van der Waals surface area contributed by atoms with Crippen LogP contribution >= 0.6 is 0 Å². The molecule has 0 aliphatic rings. The fourth-order valence-electron chi connectivity index (χ4n) is 1.09. The van der Waals surface area contributed by atoms with Gasteiger partial charge >= 0.3 is 0 Å². The quantitative estimate of drug-likeness (QED) is 0.633. The summed E-state index contributed by atoms with van der Waals surface area (Å²) in [5, 5.41) is 0. The van der Waals surface area contributed by atoms with E-state index in [0.29, 0.717) is 0 Å². The van der Waals surface area contributed by atoms with Crippen LogP contribution in [0.4, 0.5) is 0 Å². The second kappa shape index (κ2) is 4.60. The predicted octanol–water partition coefficient (Wildman–Crippen LogP) is 1.46. The van der Waals surface area contributed by atoms with Crippen LogP contribution in [-0.4, -0.2) is 19.1 Å². The number of aryl methyl sites for hydroxylation is 4. The minimum absolute atomic E-state index is 1.07. The summed E-state index contributed by atoms with van der Waals surface area (Å²) in [6, 6.07) is 0. The van der Waals surface area contributed by atoms with Gasteiger partial charge in [-0.3, -0.25) is 0 Å². The summed E-state index contributed by atoms with van der Waals surface area (Å²) in [6.07, 6.45) is 7.52. The standard InChI is InChI=1S/2C5H8N2/c2*1-5-3-7(2)4-6-5/h2*3-4H,1-2H3. The minimum Gasteiger partial charge on any atom is -0.340 e. The lowest BCUT2D eigenvalue weighted by molar-refractivity contribution is 0.913. The zero-order chi connectivity index (χ0) is 10.6. The van der Waals surface area contributed by atoms with Gasteiger partial charge in [0.2, 0.25) is 0 Å². The van der Waals surface area contributed by atoms with E-state index in [4.69, 9.17) is 0 Å². The molecule has 0 saturated carbocycles. The van der Waals surface area contributed by atoms with Crippen molar-refractivity contribution < 1.29 is 0 Å². The molecule has 76 valence electrons. The number of aromatic nitrogens is 4. The molecule has 0 bridgehead atoms. The van der Waals surface area contributed by atoms with Crippen LogP contribution in [0.3, 0.4) is 0 Å². The molecule has 2 aromatic rings. The van der Waals surface area contributed by atoms with Gasteiger partial charge in [-0.25, -0.2) is 9.97 Å². The maximum absolute atomic E-state index is 3.98. The maximum Gasteiger partial charge on any atom is 0.0946 e. The Hall–Kier alpha value is -1.58. The van der Waals surface area contributed by atoms with Gasteiger partial charge in [-0.05, 0) is 13.8 Å². The Morgan fingerprint density at radius 2 is 1.21 bits per heavy atom. The Morgan fingerprint density at radius 3 is 1.29 bits per heavy atom. The highest BCUT2D eigenvalue weighted by molar-refractivity contribution is 4.91. The fourth-order valence-corrected chi connectivity index (χ4v) is 1.09. The van der Waals surface area contributed by atoms with Crippen LogP contribution in [-0.2, 0) is 14.1 Å². The number of nitrogens with zero attached hydrogens (tertiary/aromatic N) is 4. The molecular formula is C10H16N4. The van der Waals surface area contributed by atoms with Crippen molar-refractivity contribution in [2.75, 3.05) is 0 Å². The second-order valence-electron chi connectivity index (χ2n) is 3.36. The first-order valence-electron chi connectivity index (χ1n) is 4.47. The van der Waals surface area contributed by atoms with E-state index in [-0.39, 0.29) is 0 Å². The first-order valence-corrected chi connectivity index (χ1v) is 4.47. The molecule has 0 unspecified atom stereocenters. The maximum atomic E-state index is 3.98. The zero-order valence-corrected chi connectivity index (χ0v) is 9.10. The smallest absolute Gasteiger partial charge is 0.0946 e. The third kappa shape index (κ3) is 3.43. The molecule has 0 fully saturated rings. The summed E-state index contributed by atoms with van der Waals surface area (Å²) in [4.78, 5) is 7.96. The van der Waals surface area contributed by atoms with Crippen LogP contribution < -0.4 is 0 Å². The molecule has 0 saturated heterocycles. The van der Waals surface area contributed by atoms with Crippen molar-refractivity contribution in [1.29, 1.82) is 0 Å². The van der Waals surface area contributed by atoms with E-state index in [2.05, 4.69) is 9.97 Å². The molecule has 0 aliphatic carbocycles. The third-order valence-electron chi connectivity index (χ3n) is 1.67. The molecule has 0 amide bonds. The van der Waals surface area contributed by atoms with Crippen molar-refractivity contribution >= 4 is 0 Å². The summed E-state index contributed by atoms with van der Waals surface area (Å²) >= 11 is 0. The molecule has 0 spiro atoms. The number of hydrogen-bond donors (Lipinski definition) is 0. The van der Waals surface area contributed by atoms with Crippen LogP contribution in [0.2, 0.25) is 0 Å². The average molecular weight is 192 g/mol. The van der Waals surface area contributed by atoms with Crippen LogP contribution in [0.5, 0.6) is 0 Å². The number of imidazole rings is 2. The molecule has 2 aromatic heterocycles. The van der Waals surface area contributed by atoms with Gasteiger partial charge in [0.25, 0.3) is 0 Å². The Kier molecular flexibility index (Phi) is 3.45. The molecule has 0 aliphatic heterocycles. The van der Waals surface area contributed by atoms with Crippen LogP contribution in [0.15, 0.2) is 25.0 Å². The van der Waals surface area contributed by atoms with Gasteiger partial charge in [0.05, 0.1) is 24.0 Å². The van der Waals surface area contributed by atoms with Crippen molar-refractivity contribution in [3.05, 3.63) is 36.4 Å². The SMILES string of the molecule is Cc1cn(C)cn1.Cc1cn(C)cn1. The molecule has 2 heterocycles. The summed E-state index contributed by atoms with van der Waals surface area (Å²) in [5.41, 5.74) is 2.14. The van der Waals surface area contributed by atoms with Gasteiger partial charge < -0.3 is 9.13 Å². The highest BCUT2D eigenvalue weighted by Gasteiger charge is 1.82. The van der Waals surface area contributed by atoms with E-state index in [1.807, 2.05) is 49.5 Å². The molecule has 14 heavy (non-hydrogen) atoms. The molecule has 0 atom stereocenters. The molecule has 2 rings (SSSR count). The van der Waals surface area contributed by atoms with E-state index in [9.17, 15) is 0 Å². The summed E-state index contributed by atoms with van der Waals surface area (Å²) in [7, 11) is 3.92. The first-order chi connectivity index (χ1) is 6.58. The molecular weight excluding hydrogens is 176 g/mol. The van der Waals surface area contributed by atoms with E-state index in [1.165, 1.54) is 0 Å². The van der Waals surface area contributed by atoms with Crippen LogP contribution in [0.1, 0.15) is 11.4 Å². The highest BCUT2D eigenvalue weighted by atomic mass is 15.0. The van der Waals surface area contributed by atoms with Gasteiger partial charge in [-0.15, -0.1) is 0 Å². The highest BCUT2D eigenvalue weighted by Crippen LogP contribution is 1.87. The van der Waals surface area contributed by atoms with Crippen molar-refractivity contribution in [2.24, 2.45) is 14.1 Å². The van der Waals surface area contributed by atoms with E-state index in [1.54, 1.807) is 12.7 Å². The lowest BCUT2D eigenvalue weighted by Crippen LogP contribution is -1.76. The number of rotatable bonds is 0. The predicted molar refractivity (Wildman–Crippen MR) is 55.9 cm³/mol. The van der Waals surface area contributed by atoms with Gasteiger partial charge in [0, 0.05) is 26.5 Å². The van der Waals surface area contributed by atoms with E-state index < -0.39 is 0 Å². The molecule has 0 aromatic carbocycles. The molecule has 4 heteroatoms. The zero-order valence-electron chi connectivity index (χ0n) is 9.10. The Balaban J connectivity index is 0.000000140. The van der Waals surface area contributed by atoms with Gasteiger partial charge in [-0.2, -0.15) is 0 Å². The Morgan fingerprint density at radius 1 is 0.857 bits per heavy atom. The second-order valence-corrected chi connectivity index (χ2v) is 3.36. The van der Waals surface area contributed by atoms with E-state index >= 15 is 0 Å². The van der Waals surface area contributed by atoms with E-state index in [0.717, 1.165) is 11.4 Å². The van der Waals surface area contributed by atoms with Crippen molar-refractivity contribution in [1.82, 2.24) is 19.1 Å². The topological polar surface area (TPSA) is 35.6 Å². The average Bonchev–Trinajstić information content (AvgIpc) is 2.63. The van der Waals surface area contributed by atoms with Crippen LogP contribution in [0, 0.1) is 13.8 Å². The fraction of sp³-hybridized carbons (Fsp3) is 0.400. The van der Waals surface area contributed by atoms with Crippen molar-refractivity contribution in [2.45, 2.75) is 13.8 Å². The van der Waals surface area contributed by atoms with Gasteiger partial charge in [0.15, 0.2) is 0 Å². The normalized spacial score (nSPS) is 9.43. The van der Waals surface area contributed by atoms with Crippen LogP contribution in [0.25, 0.3) is 0 Å². The lowest BCUT2D eigenvalue weighted by Gasteiger charge is -1.78. The molecule has 0 N–H and O–H groups in total.